The first kappa shape index (κ1) is 18.8. The average Bonchev–Trinajstić information content (AvgIpc) is 2.96. The van der Waals surface area contributed by atoms with Gasteiger partial charge in [-0.3, -0.25) is 0 Å². The van der Waals surface area contributed by atoms with Crippen LogP contribution >= 0.6 is 0 Å². The van der Waals surface area contributed by atoms with Gasteiger partial charge in [-0.15, -0.1) is 0 Å². The lowest BCUT2D eigenvalue weighted by Gasteiger charge is -2.23. The van der Waals surface area contributed by atoms with Gasteiger partial charge in [-0.1, -0.05) is 35.5 Å². The summed E-state index contributed by atoms with van der Waals surface area (Å²) in [6.45, 7) is 5.49. The zero-order valence-corrected chi connectivity index (χ0v) is 15.0. The summed E-state index contributed by atoms with van der Waals surface area (Å²) in [6.07, 6.45) is 0.0263. The molecule has 1 N–H and O–H groups in total. The monoisotopic (exact) mass is 348 g/mol. The Morgan fingerprint density at radius 3 is 2.56 bits per heavy atom. The molecule has 136 valence electrons. The van der Waals surface area contributed by atoms with Gasteiger partial charge in [-0.2, -0.15) is 0 Å². The molecule has 0 radical (unpaired) electrons. The van der Waals surface area contributed by atoms with Crippen LogP contribution in [0.2, 0.25) is 0 Å². The van der Waals surface area contributed by atoms with Crippen LogP contribution in [0.1, 0.15) is 32.8 Å². The van der Waals surface area contributed by atoms with Crippen molar-refractivity contribution >= 4 is 17.8 Å². The summed E-state index contributed by atoms with van der Waals surface area (Å²) >= 11 is 0. The molecule has 7 nitrogen and oxygen atoms in total. The highest BCUT2D eigenvalue weighted by Crippen LogP contribution is 2.29. The zero-order valence-electron chi connectivity index (χ0n) is 15.0. The van der Waals surface area contributed by atoms with Crippen LogP contribution in [-0.4, -0.2) is 42.6 Å². The molecule has 1 aromatic rings. The summed E-state index contributed by atoms with van der Waals surface area (Å²) in [5, 5.41) is 6.58. The Morgan fingerprint density at radius 2 is 1.96 bits per heavy atom. The number of oxime groups is 1. The summed E-state index contributed by atoms with van der Waals surface area (Å²) in [5.41, 5.74) is -0.306. The van der Waals surface area contributed by atoms with Gasteiger partial charge in [0.25, 0.3) is 0 Å². The molecule has 1 aliphatic heterocycles. The highest BCUT2D eigenvalue weighted by Gasteiger charge is 2.47. The van der Waals surface area contributed by atoms with Crippen LogP contribution in [0.25, 0.3) is 0 Å². The number of benzene rings is 1. The van der Waals surface area contributed by atoms with E-state index in [9.17, 15) is 9.59 Å². The molecule has 7 heteroatoms. The van der Waals surface area contributed by atoms with Crippen molar-refractivity contribution in [3.8, 4) is 0 Å². The van der Waals surface area contributed by atoms with E-state index < -0.39 is 23.3 Å². The SMILES string of the molecule is COC(=O)C1(Cc2ccccc2)CC(CNC(=O)OC(C)(C)C)=NO1. The number of nitrogens with one attached hydrogen (secondary N) is 1. The van der Waals surface area contributed by atoms with Gasteiger partial charge in [0.1, 0.15) is 5.60 Å². The summed E-state index contributed by atoms with van der Waals surface area (Å²) in [7, 11) is 1.31. The number of carbonyl (C=O) groups is 2. The number of rotatable bonds is 5. The van der Waals surface area contributed by atoms with Gasteiger partial charge in [0.05, 0.1) is 19.4 Å². The highest BCUT2D eigenvalue weighted by atomic mass is 16.7. The molecule has 0 aromatic heterocycles. The van der Waals surface area contributed by atoms with Gasteiger partial charge in [0.2, 0.25) is 5.60 Å². The fraction of sp³-hybridized carbons (Fsp3) is 0.500. The standard InChI is InChI=1S/C18H24N2O5/c1-17(2,3)24-16(22)19-12-14-11-18(25-20-14,15(21)23-4)10-13-8-6-5-7-9-13/h5-9H,10-12H2,1-4H3,(H,19,22). The molecular formula is C18H24N2O5. The maximum absolute atomic E-state index is 12.3. The Morgan fingerprint density at radius 1 is 1.28 bits per heavy atom. The second-order valence-electron chi connectivity index (χ2n) is 6.93. The number of amides is 1. The Bertz CT molecular complexity index is 651. The third-order valence-corrected chi connectivity index (χ3v) is 3.56. The second-order valence-corrected chi connectivity index (χ2v) is 6.93. The number of alkyl carbamates (subject to hydrolysis) is 1. The summed E-state index contributed by atoms with van der Waals surface area (Å²) in [6, 6.07) is 9.49. The lowest BCUT2D eigenvalue weighted by molar-refractivity contribution is -0.166. The van der Waals surface area contributed by atoms with Crippen molar-refractivity contribution < 1.29 is 23.9 Å². The molecular weight excluding hydrogens is 324 g/mol. The van der Waals surface area contributed by atoms with Crippen molar-refractivity contribution in [2.24, 2.45) is 5.16 Å². The molecule has 1 aliphatic rings. The van der Waals surface area contributed by atoms with E-state index in [-0.39, 0.29) is 13.0 Å². The van der Waals surface area contributed by atoms with E-state index in [0.717, 1.165) is 5.56 Å². The third-order valence-electron chi connectivity index (χ3n) is 3.56. The fourth-order valence-corrected chi connectivity index (χ4v) is 2.52. The van der Waals surface area contributed by atoms with Gasteiger partial charge in [-0.25, -0.2) is 9.59 Å². The zero-order chi connectivity index (χ0) is 18.5. The highest BCUT2D eigenvalue weighted by molar-refractivity contribution is 5.96. The van der Waals surface area contributed by atoms with Crippen molar-refractivity contribution in [1.29, 1.82) is 0 Å². The topological polar surface area (TPSA) is 86.2 Å². The number of carbonyl (C=O) groups excluding carboxylic acids is 2. The Hall–Kier alpha value is -2.57. The van der Waals surface area contributed by atoms with Crippen molar-refractivity contribution in [2.75, 3.05) is 13.7 Å². The molecule has 0 saturated carbocycles. The number of hydrogen-bond acceptors (Lipinski definition) is 6. The predicted molar refractivity (Wildman–Crippen MR) is 92.3 cm³/mol. The molecule has 1 atom stereocenters. The lowest BCUT2D eigenvalue weighted by atomic mass is 9.89. The van der Waals surface area contributed by atoms with E-state index in [2.05, 4.69) is 10.5 Å². The van der Waals surface area contributed by atoms with Gasteiger partial charge < -0.3 is 19.6 Å². The number of nitrogens with zero attached hydrogens (tertiary/aromatic N) is 1. The van der Waals surface area contributed by atoms with E-state index >= 15 is 0 Å². The molecule has 0 bridgehead atoms. The fourth-order valence-electron chi connectivity index (χ4n) is 2.52. The molecule has 1 amide bonds. The van der Waals surface area contributed by atoms with Crippen LogP contribution in [0.3, 0.4) is 0 Å². The van der Waals surface area contributed by atoms with Gasteiger partial charge in [0, 0.05) is 12.8 Å². The molecule has 0 spiro atoms. The molecule has 1 unspecified atom stereocenters. The van der Waals surface area contributed by atoms with Crippen LogP contribution in [0, 0.1) is 0 Å². The number of esters is 1. The second kappa shape index (κ2) is 7.55. The molecule has 0 fully saturated rings. The largest absolute Gasteiger partial charge is 0.466 e. The Kier molecular flexibility index (Phi) is 5.66. The van der Waals surface area contributed by atoms with E-state index in [1.165, 1.54) is 7.11 Å². The van der Waals surface area contributed by atoms with Crippen LogP contribution in [0.4, 0.5) is 4.79 Å². The van der Waals surface area contributed by atoms with Crippen LogP contribution in [-0.2, 0) is 25.5 Å². The first-order chi connectivity index (χ1) is 11.7. The van der Waals surface area contributed by atoms with E-state index in [1.807, 2.05) is 30.3 Å². The summed E-state index contributed by atoms with van der Waals surface area (Å²) in [5.74, 6) is -0.493. The first-order valence-electron chi connectivity index (χ1n) is 8.07. The van der Waals surface area contributed by atoms with E-state index in [1.54, 1.807) is 20.8 Å². The molecule has 1 heterocycles. The molecule has 1 aromatic carbocycles. The minimum atomic E-state index is -1.21. The predicted octanol–water partition coefficient (Wildman–Crippen LogP) is 2.44. The van der Waals surface area contributed by atoms with Crippen molar-refractivity contribution in [1.82, 2.24) is 5.32 Å². The smallest absolute Gasteiger partial charge is 0.407 e. The molecule has 0 saturated heterocycles. The van der Waals surface area contributed by atoms with Crippen molar-refractivity contribution in [3.63, 3.8) is 0 Å². The number of methoxy groups -OCH3 is 1. The Balaban J connectivity index is 1.99. The maximum Gasteiger partial charge on any atom is 0.407 e. The molecule has 2 rings (SSSR count). The molecule has 0 aliphatic carbocycles. The van der Waals surface area contributed by atoms with Crippen molar-refractivity contribution in [3.05, 3.63) is 35.9 Å². The Labute approximate surface area is 147 Å². The summed E-state index contributed by atoms with van der Waals surface area (Å²) < 4.78 is 10.1. The van der Waals surface area contributed by atoms with Crippen LogP contribution in [0.15, 0.2) is 35.5 Å². The maximum atomic E-state index is 12.3. The van der Waals surface area contributed by atoms with Gasteiger partial charge in [0.15, 0.2) is 0 Å². The third kappa shape index (κ3) is 5.20. The van der Waals surface area contributed by atoms with Crippen LogP contribution in [0.5, 0.6) is 0 Å². The number of ether oxygens (including phenoxy) is 2. The molecule has 25 heavy (non-hydrogen) atoms. The first-order valence-corrected chi connectivity index (χ1v) is 8.07. The van der Waals surface area contributed by atoms with E-state index in [4.69, 9.17) is 14.3 Å². The normalized spacial score (nSPS) is 19.6. The van der Waals surface area contributed by atoms with Crippen molar-refractivity contribution in [2.45, 2.75) is 44.8 Å². The average molecular weight is 348 g/mol. The summed E-state index contributed by atoms with van der Waals surface area (Å²) in [4.78, 5) is 29.5. The quantitative estimate of drug-likeness (QED) is 0.826. The van der Waals surface area contributed by atoms with Gasteiger partial charge in [-0.05, 0) is 26.3 Å². The van der Waals surface area contributed by atoms with Crippen LogP contribution < -0.4 is 5.32 Å². The minimum Gasteiger partial charge on any atom is -0.466 e. The lowest BCUT2D eigenvalue weighted by Crippen LogP contribution is -2.43. The minimum absolute atomic E-state index is 0.141. The van der Waals surface area contributed by atoms with Gasteiger partial charge >= 0.3 is 12.1 Å². The number of hydrogen-bond donors (Lipinski definition) is 1. The van der Waals surface area contributed by atoms with E-state index in [0.29, 0.717) is 12.1 Å².